The van der Waals surface area contributed by atoms with E-state index in [1.54, 1.807) is 0 Å². The molecule has 4 rings (SSSR count). The molecule has 0 aromatic rings. The Balaban J connectivity index is 1.71. The molecule has 0 radical (unpaired) electrons. The number of halogens is 1. The normalized spacial score (nSPS) is 44.7. The molecule has 90 valence electrons. The van der Waals surface area contributed by atoms with Gasteiger partial charge in [0.15, 0.2) is 0 Å². The average molecular weight is 243 g/mol. The van der Waals surface area contributed by atoms with Crippen molar-refractivity contribution in [2.45, 2.75) is 50.5 Å². The van der Waals surface area contributed by atoms with Crippen molar-refractivity contribution in [1.82, 2.24) is 0 Å². The van der Waals surface area contributed by atoms with Crippen molar-refractivity contribution in [1.29, 1.82) is 0 Å². The van der Waals surface area contributed by atoms with E-state index >= 15 is 0 Å². The van der Waals surface area contributed by atoms with Gasteiger partial charge in [0.2, 0.25) is 0 Å². The van der Waals surface area contributed by atoms with Crippen molar-refractivity contribution in [2.75, 3.05) is 5.88 Å². The Labute approximate surface area is 102 Å². The van der Waals surface area contributed by atoms with E-state index in [9.17, 15) is 4.79 Å². The second-order valence-corrected chi connectivity index (χ2v) is 6.39. The zero-order valence-electron chi connectivity index (χ0n) is 9.58. The first-order chi connectivity index (χ1) is 7.69. The van der Waals surface area contributed by atoms with Crippen molar-refractivity contribution >= 4 is 17.6 Å². The molecule has 0 saturated heterocycles. The van der Waals surface area contributed by atoms with Crippen LogP contribution in [0.25, 0.3) is 0 Å². The van der Waals surface area contributed by atoms with Crippen molar-refractivity contribution in [3.8, 4) is 0 Å². The lowest BCUT2D eigenvalue weighted by atomic mass is 9.54. The molecule has 0 unspecified atom stereocenters. The van der Waals surface area contributed by atoms with Crippen LogP contribution in [0.2, 0.25) is 0 Å². The average Bonchev–Trinajstić information content (AvgIpc) is 2.13. The Morgan fingerprint density at radius 1 is 1.12 bits per heavy atom. The van der Waals surface area contributed by atoms with Gasteiger partial charge in [-0.3, -0.25) is 4.79 Å². The monoisotopic (exact) mass is 242 g/mol. The standard InChI is InChI=1S/C13H19ClO2/c14-2-1-12(15)16-13-6-9-3-10(7-13)5-11(4-9)8-13/h9-11H,1-8H2. The third-order valence-electron chi connectivity index (χ3n) is 4.61. The molecule has 0 aromatic carbocycles. The van der Waals surface area contributed by atoms with E-state index in [0.717, 1.165) is 37.0 Å². The second-order valence-electron chi connectivity index (χ2n) is 6.01. The summed E-state index contributed by atoms with van der Waals surface area (Å²) in [5.74, 6) is 2.78. The second kappa shape index (κ2) is 3.90. The van der Waals surface area contributed by atoms with Crippen LogP contribution in [0, 0.1) is 17.8 Å². The summed E-state index contributed by atoms with van der Waals surface area (Å²) in [4.78, 5) is 11.6. The van der Waals surface area contributed by atoms with Gasteiger partial charge < -0.3 is 4.74 Å². The van der Waals surface area contributed by atoms with Gasteiger partial charge in [0.1, 0.15) is 5.60 Å². The van der Waals surface area contributed by atoms with Crippen molar-refractivity contribution in [3.05, 3.63) is 0 Å². The number of alkyl halides is 1. The van der Waals surface area contributed by atoms with Crippen LogP contribution in [0.15, 0.2) is 0 Å². The summed E-state index contributed by atoms with van der Waals surface area (Å²) in [6.07, 6.45) is 7.86. The summed E-state index contributed by atoms with van der Waals surface area (Å²) in [6, 6.07) is 0. The minimum atomic E-state index is -0.0862. The van der Waals surface area contributed by atoms with E-state index in [2.05, 4.69) is 0 Å². The highest BCUT2D eigenvalue weighted by Crippen LogP contribution is 2.57. The van der Waals surface area contributed by atoms with Gasteiger partial charge in [-0.05, 0) is 56.3 Å². The van der Waals surface area contributed by atoms with E-state index in [1.807, 2.05) is 0 Å². The summed E-state index contributed by atoms with van der Waals surface area (Å²) in [5, 5.41) is 0. The van der Waals surface area contributed by atoms with Crippen LogP contribution in [0.3, 0.4) is 0 Å². The predicted octanol–water partition coefficient (Wildman–Crippen LogP) is 3.13. The molecule has 0 heterocycles. The molecule has 3 heteroatoms. The molecule has 0 atom stereocenters. The van der Waals surface area contributed by atoms with Crippen LogP contribution in [0.1, 0.15) is 44.9 Å². The first-order valence-electron chi connectivity index (χ1n) is 6.47. The Morgan fingerprint density at radius 3 is 2.06 bits per heavy atom. The van der Waals surface area contributed by atoms with Gasteiger partial charge in [-0.25, -0.2) is 0 Å². The highest BCUT2D eigenvalue weighted by Gasteiger charge is 2.53. The summed E-state index contributed by atoms with van der Waals surface area (Å²) in [5.41, 5.74) is -0.0854. The molecule has 0 N–H and O–H groups in total. The van der Waals surface area contributed by atoms with Crippen LogP contribution in [-0.4, -0.2) is 17.5 Å². The molecule has 4 fully saturated rings. The highest BCUT2D eigenvalue weighted by molar-refractivity contribution is 6.18. The SMILES string of the molecule is O=C(CCCl)OC12CC3CC(CC(C3)C1)C2. The molecule has 2 nitrogen and oxygen atoms in total. The number of carbonyl (C=O) groups excluding carboxylic acids is 1. The summed E-state index contributed by atoms with van der Waals surface area (Å²) >= 11 is 5.58. The largest absolute Gasteiger partial charge is 0.459 e. The maximum atomic E-state index is 11.6. The molecular weight excluding hydrogens is 224 g/mol. The molecule has 0 amide bonds. The quantitative estimate of drug-likeness (QED) is 0.562. The van der Waals surface area contributed by atoms with E-state index in [-0.39, 0.29) is 11.6 Å². The molecule has 4 saturated carbocycles. The Bertz CT molecular complexity index is 265. The van der Waals surface area contributed by atoms with Crippen molar-refractivity contribution in [3.63, 3.8) is 0 Å². The zero-order chi connectivity index (χ0) is 11.2. The number of rotatable bonds is 3. The lowest BCUT2D eigenvalue weighted by Crippen LogP contribution is -2.52. The number of ether oxygens (including phenoxy) is 1. The van der Waals surface area contributed by atoms with E-state index in [4.69, 9.17) is 16.3 Å². The maximum Gasteiger partial charge on any atom is 0.307 e. The van der Waals surface area contributed by atoms with Gasteiger partial charge >= 0.3 is 5.97 Å². The fourth-order valence-corrected chi connectivity index (χ4v) is 4.68. The zero-order valence-corrected chi connectivity index (χ0v) is 10.3. The van der Waals surface area contributed by atoms with Crippen LogP contribution in [-0.2, 0) is 9.53 Å². The maximum absolute atomic E-state index is 11.6. The Morgan fingerprint density at radius 2 is 1.62 bits per heavy atom. The fourth-order valence-electron chi connectivity index (χ4n) is 4.53. The molecule has 16 heavy (non-hydrogen) atoms. The first-order valence-corrected chi connectivity index (χ1v) is 7.00. The minimum absolute atomic E-state index is 0.0854. The smallest absolute Gasteiger partial charge is 0.307 e. The summed E-state index contributed by atoms with van der Waals surface area (Å²) in [6.45, 7) is 0. The fraction of sp³-hybridized carbons (Fsp3) is 0.923. The number of esters is 1. The molecule has 4 bridgehead atoms. The minimum Gasteiger partial charge on any atom is -0.459 e. The van der Waals surface area contributed by atoms with Crippen LogP contribution in [0.4, 0.5) is 0 Å². The third kappa shape index (κ3) is 1.85. The van der Waals surface area contributed by atoms with Gasteiger partial charge in [-0.2, -0.15) is 0 Å². The predicted molar refractivity (Wildman–Crippen MR) is 62.3 cm³/mol. The van der Waals surface area contributed by atoms with Crippen LogP contribution in [0.5, 0.6) is 0 Å². The van der Waals surface area contributed by atoms with Gasteiger partial charge in [0.05, 0.1) is 6.42 Å². The van der Waals surface area contributed by atoms with Crippen LogP contribution < -0.4 is 0 Å². The van der Waals surface area contributed by atoms with E-state index < -0.39 is 0 Å². The van der Waals surface area contributed by atoms with Gasteiger partial charge in [-0.1, -0.05) is 0 Å². The van der Waals surface area contributed by atoms with Crippen LogP contribution >= 0.6 is 11.6 Å². The van der Waals surface area contributed by atoms with Crippen molar-refractivity contribution in [2.24, 2.45) is 17.8 Å². The lowest BCUT2D eigenvalue weighted by Gasteiger charge is -2.55. The Hall–Kier alpha value is -0.240. The first kappa shape index (κ1) is 10.9. The Kier molecular flexibility index (Phi) is 2.66. The van der Waals surface area contributed by atoms with Gasteiger partial charge in [0.25, 0.3) is 0 Å². The van der Waals surface area contributed by atoms with E-state index in [0.29, 0.717) is 12.3 Å². The number of hydrogen-bond acceptors (Lipinski definition) is 2. The third-order valence-corrected chi connectivity index (χ3v) is 4.80. The van der Waals surface area contributed by atoms with Crippen molar-refractivity contribution < 1.29 is 9.53 Å². The molecule has 4 aliphatic carbocycles. The highest BCUT2D eigenvalue weighted by atomic mass is 35.5. The topological polar surface area (TPSA) is 26.3 Å². The number of hydrogen-bond donors (Lipinski definition) is 0. The van der Waals surface area contributed by atoms with Gasteiger partial charge in [0, 0.05) is 5.88 Å². The number of carbonyl (C=O) groups is 1. The molecular formula is C13H19ClO2. The summed E-state index contributed by atoms with van der Waals surface area (Å²) < 4.78 is 5.77. The van der Waals surface area contributed by atoms with E-state index in [1.165, 1.54) is 19.3 Å². The molecule has 4 aliphatic rings. The lowest BCUT2D eigenvalue weighted by molar-refractivity contribution is -0.186. The molecule has 0 aliphatic heterocycles. The molecule has 0 spiro atoms. The van der Waals surface area contributed by atoms with Gasteiger partial charge in [-0.15, -0.1) is 11.6 Å². The molecule has 0 aromatic heterocycles. The summed E-state index contributed by atoms with van der Waals surface area (Å²) in [7, 11) is 0.